The van der Waals surface area contributed by atoms with E-state index in [-0.39, 0.29) is 0 Å². The molecule has 8 fully saturated rings. The Morgan fingerprint density at radius 1 is 0.398 bits per heavy atom. The molecule has 27 N–H and O–H groups in total. The van der Waals surface area contributed by atoms with E-state index in [4.69, 9.17) is 71.1 Å². The molecule has 46 heteroatoms. The van der Waals surface area contributed by atoms with Crippen molar-refractivity contribution < 1.29 is 213 Å². The van der Waals surface area contributed by atoms with Crippen molar-refractivity contribution in [3.05, 3.63) is 0 Å². The number of carboxylic acid groups (broad SMARTS) is 1. The molecule has 3 amide bonds. The molecule has 0 aliphatic carbocycles. The lowest BCUT2D eigenvalue weighted by molar-refractivity contribution is -0.398. The van der Waals surface area contributed by atoms with E-state index in [0.29, 0.717) is 0 Å². The number of rotatable bonds is 27. The van der Waals surface area contributed by atoms with E-state index >= 15 is 0 Å². The zero-order valence-corrected chi connectivity index (χ0v) is 55.2. The maximum absolute atomic E-state index is 13.3. The van der Waals surface area contributed by atoms with Crippen LogP contribution in [0.25, 0.3) is 0 Å². The van der Waals surface area contributed by atoms with Crippen molar-refractivity contribution in [3.8, 4) is 0 Å². The fourth-order valence-corrected chi connectivity index (χ4v) is 13.3. The normalized spacial score (nSPS) is 48.3. The SMILES string of the molecule is CC(=O)N[C@H]1[C@H](O[C@H]2[C@@H](O)[C@@H](CO)O[C@@H](O[C@H]3[C@H](O[C@@H]4O[C@@H](C)[C@@H](O)[C@@H](O)[C@@H]4O)[C@@H](NC(C)=O)[C@H](O[C@H]4[C@@H](O)[C@@H](CO)O[C@@H](O[C@H]5[C@H](O)[C@@H](O)[C@H](O)O[C@@H]5CO)[C@@H]4O)O[C@@H]3CO)[C@@H]2O)O[C@H](CO)[C@@H](O[C@@H]2O[C@H](CO)[C@H](O)[C@H](O[C@]3(C(=O)O)C[C@H](O)[C@@H](NC(C)=O)[C@H]([C@H](O)[C@H](O)CO)O3)[C@H]2O)[C@@H]1O. The fourth-order valence-electron chi connectivity index (χ4n) is 13.3. The van der Waals surface area contributed by atoms with Crippen LogP contribution in [0.3, 0.4) is 0 Å². The summed E-state index contributed by atoms with van der Waals surface area (Å²) in [5.41, 5.74) is 0. The number of ether oxygens (including phenoxy) is 15. The molecular formula is C57H95N3O43. The number of hydrogen-bond donors (Lipinski definition) is 27. The standard InChI is InChI=1S/C57H95N3O43/c1-13-28(73)34(79)37(82)52(89-13)99-45-27(60-16(4)70)51(101-47-31(76)19(7-62)91-53(38(47)83)97-42-22(10-65)90-49(86)36(81)35(42)80)95-24(12-67)43(45)98-54-39(84)46(30(75)20(8-63)92-54)100-50-26(59-15(3)69)33(78)41(23(11-66)94-50)96-55-40(85)48(32(77)21(9-64)93-55)103-57(56(87)88)5-17(71)25(58-14(2)68)44(102-57)29(74)18(72)6-61/h13,17-55,61-67,71-86H,5-12H2,1-4H3,(H,58,68)(H,59,69)(H,60,70)(H,87,88)/t13-,17-,18+,19+,20+,21+,22+,23+,24+,25+,26+,27+,28+,29+,30-,31-,32-,33+,34+,35+,36+,37-,38+,39+,40+,41+,42+,43+,44+,45+,46-,47-,48-,49+,50-,51-,52-,53-,54-,55-,57-/m0/s1. The van der Waals surface area contributed by atoms with Crippen LogP contribution in [0.4, 0.5) is 0 Å². The van der Waals surface area contributed by atoms with E-state index in [1.165, 1.54) is 6.92 Å². The smallest absolute Gasteiger partial charge is 0.364 e. The van der Waals surface area contributed by atoms with E-state index < -0.39 is 327 Å². The summed E-state index contributed by atoms with van der Waals surface area (Å²) >= 11 is 0. The predicted molar refractivity (Wildman–Crippen MR) is 315 cm³/mol. The number of hydrogen-bond acceptors (Lipinski definition) is 42. The minimum absolute atomic E-state index is 0.857. The van der Waals surface area contributed by atoms with Gasteiger partial charge < -0.3 is 210 Å². The first-order valence-corrected chi connectivity index (χ1v) is 32.6. The molecule has 8 rings (SSSR count). The van der Waals surface area contributed by atoms with Gasteiger partial charge in [-0.2, -0.15) is 0 Å². The van der Waals surface area contributed by atoms with Crippen LogP contribution >= 0.6 is 0 Å². The predicted octanol–water partition coefficient (Wildman–Crippen LogP) is -17.8. The molecule has 41 atom stereocenters. The molecule has 0 saturated carbocycles. The summed E-state index contributed by atoms with van der Waals surface area (Å²) < 4.78 is 87.9. The molecule has 0 aromatic carbocycles. The number of aliphatic hydroxyl groups excluding tert-OH is 23. The highest BCUT2D eigenvalue weighted by atomic mass is 16.8. The van der Waals surface area contributed by atoms with Crippen LogP contribution in [0, 0.1) is 0 Å². The van der Waals surface area contributed by atoms with Gasteiger partial charge in [-0.05, 0) is 6.92 Å². The van der Waals surface area contributed by atoms with Gasteiger partial charge in [0, 0.05) is 27.2 Å². The van der Waals surface area contributed by atoms with E-state index in [2.05, 4.69) is 16.0 Å². The zero-order chi connectivity index (χ0) is 76.3. The molecule has 8 saturated heterocycles. The summed E-state index contributed by atoms with van der Waals surface area (Å²) in [7, 11) is 0. The molecule has 0 bridgehead atoms. The number of aliphatic hydroxyl groups is 23. The van der Waals surface area contributed by atoms with Crippen molar-refractivity contribution >= 4 is 23.7 Å². The first kappa shape index (κ1) is 85.0. The lowest BCUT2D eigenvalue weighted by atomic mass is 9.88. The summed E-state index contributed by atoms with van der Waals surface area (Å²) in [6.45, 7) is -4.01. The van der Waals surface area contributed by atoms with Gasteiger partial charge in [-0.3, -0.25) is 14.4 Å². The molecule has 0 radical (unpaired) electrons. The Hall–Kier alpha value is -3.64. The summed E-state index contributed by atoms with van der Waals surface area (Å²) in [5.74, 6) is -8.22. The van der Waals surface area contributed by atoms with Crippen LogP contribution in [-0.4, -0.2) is 444 Å². The number of aliphatic carboxylic acids is 1. The summed E-state index contributed by atoms with van der Waals surface area (Å²) in [4.78, 5) is 51.6. The highest BCUT2D eigenvalue weighted by Gasteiger charge is 2.63. The Labute approximate surface area is 582 Å². The van der Waals surface area contributed by atoms with E-state index in [0.717, 1.165) is 20.8 Å². The molecule has 0 aromatic rings. The molecule has 8 aliphatic rings. The lowest BCUT2D eigenvalue weighted by Crippen LogP contribution is -2.72. The van der Waals surface area contributed by atoms with Crippen LogP contribution in [0.5, 0.6) is 0 Å². The van der Waals surface area contributed by atoms with Gasteiger partial charge in [0.05, 0.1) is 64.5 Å². The van der Waals surface area contributed by atoms with E-state index in [1.54, 1.807) is 0 Å². The molecule has 0 spiro atoms. The highest BCUT2D eigenvalue weighted by Crippen LogP contribution is 2.42. The second-order valence-corrected chi connectivity index (χ2v) is 26.0. The first-order chi connectivity index (χ1) is 48.5. The Balaban J connectivity index is 1.07. The molecule has 103 heavy (non-hydrogen) atoms. The Morgan fingerprint density at radius 2 is 0.777 bits per heavy atom. The van der Waals surface area contributed by atoms with Gasteiger partial charge in [-0.25, -0.2) is 4.79 Å². The minimum Gasteiger partial charge on any atom is -0.477 e. The monoisotopic (exact) mass is 1510 g/mol. The average molecular weight is 1510 g/mol. The second kappa shape index (κ2) is 36.3. The van der Waals surface area contributed by atoms with Crippen molar-refractivity contribution in [2.45, 2.75) is 285 Å². The van der Waals surface area contributed by atoms with Gasteiger partial charge in [-0.1, -0.05) is 0 Å². The number of carbonyl (C=O) groups is 4. The van der Waals surface area contributed by atoms with E-state index in [1.807, 2.05) is 0 Å². The van der Waals surface area contributed by atoms with Gasteiger partial charge in [0.25, 0.3) is 5.79 Å². The number of carboxylic acids is 1. The van der Waals surface area contributed by atoms with Gasteiger partial charge >= 0.3 is 5.97 Å². The molecule has 8 aliphatic heterocycles. The van der Waals surface area contributed by atoms with Crippen LogP contribution in [0.1, 0.15) is 34.1 Å². The summed E-state index contributed by atoms with van der Waals surface area (Å²) in [6.07, 6.45) is -78.8. The van der Waals surface area contributed by atoms with Crippen molar-refractivity contribution in [2.75, 3.05) is 46.2 Å². The second-order valence-electron chi connectivity index (χ2n) is 26.0. The lowest BCUT2D eigenvalue weighted by Gasteiger charge is -2.52. The van der Waals surface area contributed by atoms with Crippen molar-refractivity contribution in [2.24, 2.45) is 0 Å². The first-order valence-electron chi connectivity index (χ1n) is 32.6. The summed E-state index contributed by atoms with van der Waals surface area (Å²) in [5, 5.41) is 270. The Bertz CT molecular complexity index is 2730. The zero-order valence-electron chi connectivity index (χ0n) is 55.2. The third-order valence-electron chi connectivity index (χ3n) is 18.8. The van der Waals surface area contributed by atoms with Crippen LogP contribution < -0.4 is 16.0 Å². The summed E-state index contributed by atoms with van der Waals surface area (Å²) in [6, 6.07) is -5.71. The molecule has 0 unspecified atom stereocenters. The third kappa shape index (κ3) is 18.3. The van der Waals surface area contributed by atoms with Crippen LogP contribution in [0.15, 0.2) is 0 Å². The minimum atomic E-state index is -3.26. The van der Waals surface area contributed by atoms with Gasteiger partial charge in [-0.15, -0.1) is 0 Å². The Morgan fingerprint density at radius 3 is 1.24 bits per heavy atom. The molecule has 46 nitrogen and oxygen atoms in total. The van der Waals surface area contributed by atoms with Gasteiger partial charge in [0.2, 0.25) is 17.7 Å². The Kier molecular flexibility index (Phi) is 29.9. The number of amides is 3. The molecular weight excluding hydrogens is 1410 g/mol. The maximum atomic E-state index is 13.3. The largest absolute Gasteiger partial charge is 0.477 e. The van der Waals surface area contributed by atoms with Crippen LogP contribution in [-0.2, 0) is 90.2 Å². The fraction of sp³-hybridized carbons (Fsp3) is 0.930. The number of nitrogens with one attached hydrogen (secondary N) is 3. The maximum Gasteiger partial charge on any atom is 0.364 e. The van der Waals surface area contributed by atoms with E-state index in [9.17, 15) is 142 Å². The van der Waals surface area contributed by atoms with Crippen molar-refractivity contribution in [1.29, 1.82) is 0 Å². The molecule has 0 aromatic heterocycles. The average Bonchev–Trinajstić information content (AvgIpc) is 0.735. The molecule has 596 valence electrons. The van der Waals surface area contributed by atoms with Crippen LogP contribution in [0.2, 0.25) is 0 Å². The molecule has 8 heterocycles. The van der Waals surface area contributed by atoms with Crippen molar-refractivity contribution in [1.82, 2.24) is 16.0 Å². The number of carbonyl (C=O) groups excluding carboxylic acids is 3. The van der Waals surface area contributed by atoms with Crippen molar-refractivity contribution in [3.63, 3.8) is 0 Å². The highest BCUT2D eigenvalue weighted by molar-refractivity contribution is 5.77. The van der Waals surface area contributed by atoms with Gasteiger partial charge in [0.15, 0.2) is 44.0 Å². The quantitative estimate of drug-likeness (QED) is 0.0363. The third-order valence-corrected chi connectivity index (χ3v) is 18.8. The van der Waals surface area contributed by atoms with Gasteiger partial charge in [0.1, 0.15) is 183 Å². The topological polar surface area (TPSA) is 728 Å².